The van der Waals surface area contributed by atoms with E-state index in [9.17, 15) is 15.0 Å². The number of amides is 1. The number of hydrogen-bond donors (Lipinski definition) is 4. The molecule has 0 spiro atoms. The molecule has 0 radical (unpaired) electrons. The average Bonchev–Trinajstić information content (AvgIpc) is 2.76. The molecule has 0 fully saturated rings. The lowest BCUT2D eigenvalue weighted by Crippen LogP contribution is -2.37. The van der Waals surface area contributed by atoms with Crippen molar-refractivity contribution in [1.82, 2.24) is 5.23 Å². The summed E-state index contributed by atoms with van der Waals surface area (Å²) in [5.74, 6) is -0.423. The highest BCUT2D eigenvalue weighted by Gasteiger charge is 2.18. The van der Waals surface area contributed by atoms with Gasteiger partial charge < -0.3 is 20.4 Å². The second-order valence-electron chi connectivity index (χ2n) is 7.91. The molecule has 0 aliphatic carbocycles. The van der Waals surface area contributed by atoms with Crippen LogP contribution in [0.3, 0.4) is 0 Å². The fourth-order valence-corrected chi connectivity index (χ4v) is 2.98. The second-order valence-corrected chi connectivity index (χ2v) is 7.91. The van der Waals surface area contributed by atoms with Gasteiger partial charge in [-0.2, -0.15) is 0 Å². The molecule has 30 heavy (non-hydrogen) atoms. The maximum absolute atomic E-state index is 12.2. The molecule has 0 aromatic carbocycles. The maximum atomic E-state index is 12.2. The van der Waals surface area contributed by atoms with E-state index in [1.165, 1.54) is 64.2 Å². The van der Waals surface area contributed by atoms with Crippen molar-refractivity contribution in [2.24, 2.45) is 0 Å². The normalized spacial score (nSPS) is 13.4. The van der Waals surface area contributed by atoms with Crippen LogP contribution in [-0.4, -0.2) is 70.2 Å². The average molecular weight is 436 g/mol. The largest absolute Gasteiger partial charge is 0.394 e. The molecule has 0 rings (SSSR count). The molecular weight excluding hydrogens is 390 g/mol. The van der Waals surface area contributed by atoms with Gasteiger partial charge in [0.15, 0.2) is 0 Å². The highest BCUT2D eigenvalue weighted by atomic mass is 17.0. The fourth-order valence-electron chi connectivity index (χ4n) is 2.98. The standard InChI is InChI=1S/C22H45NO7/c1-2-3-4-5-6-7-8-9-10-11-12-13-14-15-22(28)23(29-18-20(26)16-24)30-19-21(27)17-25/h20-21,24-27H,2-19H2,1H3. The molecule has 4 N–H and O–H groups in total. The smallest absolute Gasteiger partial charge is 0.273 e. The third-order valence-electron chi connectivity index (χ3n) is 4.89. The van der Waals surface area contributed by atoms with Crippen LogP contribution in [0.4, 0.5) is 0 Å². The topological polar surface area (TPSA) is 120 Å². The third-order valence-corrected chi connectivity index (χ3v) is 4.89. The van der Waals surface area contributed by atoms with Gasteiger partial charge in [0.2, 0.25) is 0 Å². The molecule has 0 aliphatic heterocycles. The van der Waals surface area contributed by atoms with Crippen molar-refractivity contribution in [2.45, 2.75) is 109 Å². The van der Waals surface area contributed by atoms with Gasteiger partial charge in [0, 0.05) is 6.42 Å². The fraction of sp³-hybridized carbons (Fsp3) is 0.955. The molecule has 1 amide bonds. The van der Waals surface area contributed by atoms with E-state index in [0.717, 1.165) is 12.8 Å². The van der Waals surface area contributed by atoms with E-state index in [0.29, 0.717) is 11.6 Å². The molecule has 0 aromatic rings. The minimum atomic E-state index is -1.14. The van der Waals surface area contributed by atoms with Gasteiger partial charge in [-0.3, -0.25) is 4.79 Å². The first kappa shape index (κ1) is 29.2. The Morgan fingerprint density at radius 2 is 1.07 bits per heavy atom. The van der Waals surface area contributed by atoms with Crippen LogP contribution in [-0.2, 0) is 14.5 Å². The number of aliphatic hydroxyl groups is 4. The molecular formula is C22H45NO7. The van der Waals surface area contributed by atoms with Gasteiger partial charge in [0.05, 0.1) is 13.2 Å². The molecule has 0 bridgehead atoms. The van der Waals surface area contributed by atoms with Crippen LogP contribution in [0.5, 0.6) is 0 Å². The number of carbonyl (C=O) groups is 1. The molecule has 8 nitrogen and oxygen atoms in total. The molecule has 0 heterocycles. The molecule has 2 unspecified atom stereocenters. The summed E-state index contributed by atoms with van der Waals surface area (Å²) in [6.45, 7) is 0.620. The third kappa shape index (κ3) is 18.0. The monoisotopic (exact) mass is 435 g/mol. The van der Waals surface area contributed by atoms with Gasteiger partial charge in [0.25, 0.3) is 5.91 Å². The Kier molecular flexibility index (Phi) is 20.9. The maximum Gasteiger partial charge on any atom is 0.273 e. The predicted octanol–water partition coefficient (Wildman–Crippen LogP) is 2.87. The number of unbranched alkanes of at least 4 members (excludes halogenated alkanes) is 12. The van der Waals surface area contributed by atoms with Crippen molar-refractivity contribution in [1.29, 1.82) is 0 Å². The van der Waals surface area contributed by atoms with Crippen LogP contribution in [0.25, 0.3) is 0 Å². The van der Waals surface area contributed by atoms with Crippen LogP contribution in [0, 0.1) is 0 Å². The van der Waals surface area contributed by atoms with Gasteiger partial charge in [-0.25, -0.2) is 9.68 Å². The summed E-state index contributed by atoms with van der Waals surface area (Å²) in [7, 11) is 0. The summed E-state index contributed by atoms with van der Waals surface area (Å²) in [6.07, 6.45) is 13.7. The zero-order valence-electron chi connectivity index (χ0n) is 18.8. The van der Waals surface area contributed by atoms with Crippen LogP contribution in [0.1, 0.15) is 96.8 Å². The van der Waals surface area contributed by atoms with Crippen LogP contribution >= 0.6 is 0 Å². The molecule has 180 valence electrons. The highest BCUT2D eigenvalue weighted by molar-refractivity contribution is 5.73. The van der Waals surface area contributed by atoms with E-state index in [4.69, 9.17) is 19.9 Å². The summed E-state index contributed by atoms with van der Waals surface area (Å²) in [6, 6.07) is 0. The molecule has 0 saturated heterocycles. The quantitative estimate of drug-likeness (QED) is 0.152. The van der Waals surface area contributed by atoms with Crippen LogP contribution in [0.15, 0.2) is 0 Å². The van der Waals surface area contributed by atoms with Crippen LogP contribution < -0.4 is 0 Å². The lowest BCUT2D eigenvalue weighted by molar-refractivity contribution is -0.353. The number of hydroxylamine groups is 2. The first-order valence-corrected chi connectivity index (χ1v) is 11.7. The summed E-state index contributed by atoms with van der Waals surface area (Å²) in [4.78, 5) is 22.4. The van der Waals surface area contributed by atoms with E-state index < -0.39 is 31.3 Å². The Balaban J connectivity index is 3.80. The summed E-state index contributed by atoms with van der Waals surface area (Å²) < 4.78 is 0. The summed E-state index contributed by atoms with van der Waals surface area (Å²) >= 11 is 0. The lowest BCUT2D eigenvalue weighted by atomic mass is 10.0. The number of aliphatic hydroxyl groups excluding tert-OH is 4. The Morgan fingerprint density at radius 3 is 1.43 bits per heavy atom. The Labute approximate surface area is 182 Å². The minimum Gasteiger partial charge on any atom is -0.394 e. The molecule has 8 heteroatoms. The summed E-state index contributed by atoms with van der Waals surface area (Å²) in [5.41, 5.74) is 0. The van der Waals surface area contributed by atoms with Gasteiger partial charge in [-0.15, -0.1) is 0 Å². The van der Waals surface area contributed by atoms with Crippen molar-refractivity contribution in [3.63, 3.8) is 0 Å². The Bertz CT molecular complexity index is 370. The van der Waals surface area contributed by atoms with E-state index in [-0.39, 0.29) is 19.6 Å². The van der Waals surface area contributed by atoms with Crippen molar-refractivity contribution in [3.05, 3.63) is 0 Å². The first-order chi connectivity index (χ1) is 14.5. The Morgan fingerprint density at radius 1 is 0.700 bits per heavy atom. The minimum absolute atomic E-state index is 0.224. The van der Waals surface area contributed by atoms with E-state index in [2.05, 4.69) is 6.92 Å². The van der Waals surface area contributed by atoms with Crippen molar-refractivity contribution in [2.75, 3.05) is 26.4 Å². The zero-order valence-corrected chi connectivity index (χ0v) is 18.8. The second kappa shape index (κ2) is 21.5. The Hall–Kier alpha value is -0.770. The zero-order chi connectivity index (χ0) is 22.5. The van der Waals surface area contributed by atoms with E-state index in [1.807, 2.05) is 0 Å². The SMILES string of the molecule is CCCCCCCCCCCCCCCC(=O)N(OCC(O)CO)OCC(O)CO. The van der Waals surface area contributed by atoms with Crippen molar-refractivity contribution >= 4 is 5.91 Å². The van der Waals surface area contributed by atoms with Gasteiger partial charge in [0.1, 0.15) is 25.4 Å². The summed E-state index contributed by atoms with van der Waals surface area (Å²) in [5, 5.41) is 37.0. The van der Waals surface area contributed by atoms with Gasteiger partial charge >= 0.3 is 0 Å². The number of rotatable bonds is 22. The van der Waals surface area contributed by atoms with Crippen LogP contribution in [0.2, 0.25) is 0 Å². The van der Waals surface area contributed by atoms with E-state index >= 15 is 0 Å². The molecule has 0 aromatic heterocycles. The predicted molar refractivity (Wildman–Crippen MR) is 115 cm³/mol. The van der Waals surface area contributed by atoms with Gasteiger partial charge in [-0.05, 0) is 6.42 Å². The molecule has 0 aliphatic rings. The lowest BCUT2D eigenvalue weighted by Gasteiger charge is -2.22. The number of carbonyl (C=O) groups excluding carboxylic acids is 1. The van der Waals surface area contributed by atoms with E-state index in [1.54, 1.807) is 0 Å². The first-order valence-electron chi connectivity index (χ1n) is 11.7. The molecule has 2 atom stereocenters. The highest BCUT2D eigenvalue weighted by Crippen LogP contribution is 2.13. The van der Waals surface area contributed by atoms with Crippen molar-refractivity contribution < 1.29 is 34.9 Å². The van der Waals surface area contributed by atoms with Crippen molar-refractivity contribution in [3.8, 4) is 0 Å². The van der Waals surface area contributed by atoms with Gasteiger partial charge in [-0.1, -0.05) is 89.2 Å². The number of hydrogen-bond acceptors (Lipinski definition) is 7. The number of nitrogens with zero attached hydrogens (tertiary/aromatic N) is 1. The molecule has 0 saturated carbocycles.